The number of aromatic carboxylic acids is 1. The first-order chi connectivity index (χ1) is 9.35. The summed E-state index contributed by atoms with van der Waals surface area (Å²) >= 11 is 2.41. The van der Waals surface area contributed by atoms with Crippen LogP contribution in [0.3, 0.4) is 0 Å². The van der Waals surface area contributed by atoms with Crippen LogP contribution >= 0.6 is 23.1 Å². The normalized spacial score (nSPS) is 13.8. The van der Waals surface area contributed by atoms with Gasteiger partial charge in [-0.3, -0.25) is 4.79 Å². The predicted molar refractivity (Wildman–Crippen MR) is 81.6 cm³/mol. The zero-order chi connectivity index (χ0) is 15.3. The molecule has 112 valence electrons. The summed E-state index contributed by atoms with van der Waals surface area (Å²) in [6.07, 6.45) is 1.97. The summed E-state index contributed by atoms with van der Waals surface area (Å²) in [5.74, 6) is -1.01. The molecule has 20 heavy (non-hydrogen) atoms. The van der Waals surface area contributed by atoms with Crippen molar-refractivity contribution in [1.82, 2.24) is 10.3 Å². The maximum absolute atomic E-state index is 12.0. The fourth-order valence-corrected chi connectivity index (χ4v) is 3.87. The van der Waals surface area contributed by atoms with Crippen LogP contribution in [-0.2, 0) is 4.79 Å². The third kappa shape index (κ3) is 4.79. The molecule has 0 saturated carbocycles. The van der Waals surface area contributed by atoms with Gasteiger partial charge in [0.25, 0.3) is 0 Å². The lowest BCUT2D eigenvalue weighted by molar-refractivity contribution is -0.120. The molecule has 1 aromatic rings. The first-order valence-corrected chi connectivity index (χ1v) is 8.22. The first-order valence-electron chi connectivity index (χ1n) is 6.52. The summed E-state index contributed by atoms with van der Waals surface area (Å²) in [6, 6.07) is 0.156. The molecular formula is C13H20N2O3S2. The molecule has 0 aliphatic carbocycles. The number of carbonyl (C=O) groups excluding carboxylic acids is 1. The van der Waals surface area contributed by atoms with E-state index >= 15 is 0 Å². The molecule has 1 heterocycles. The van der Waals surface area contributed by atoms with Gasteiger partial charge in [0.15, 0.2) is 4.34 Å². The molecule has 0 spiro atoms. The number of carbonyl (C=O) groups is 2. The van der Waals surface area contributed by atoms with Gasteiger partial charge in [0.05, 0.1) is 10.9 Å². The van der Waals surface area contributed by atoms with Crippen molar-refractivity contribution < 1.29 is 14.7 Å². The van der Waals surface area contributed by atoms with Crippen molar-refractivity contribution in [2.24, 2.45) is 0 Å². The Bertz CT molecular complexity index is 488. The van der Waals surface area contributed by atoms with Gasteiger partial charge in [0.2, 0.25) is 5.91 Å². The molecule has 1 rings (SSSR count). The summed E-state index contributed by atoms with van der Waals surface area (Å²) in [5, 5.41) is 11.6. The summed E-state index contributed by atoms with van der Waals surface area (Å²) < 4.78 is 0.616. The van der Waals surface area contributed by atoms with E-state index in [4.69, 9.17) is 5.11 Å². The Balaban J connectivity index is 2.61. The summed E-state index contributed by atoms with van der Waals surface area (Å²) in [6.45, 7) is 7.52. The molecule has 1 amide bonds. The van der Waals surface area contributed by atoms with Crippen molar-refractivity contribution in [3.8, 4) is 0 Å². The van der Waals surface area contributed by atoms with E-state index in [1.165, 1.54) is 11.8 Å². The highest BCUT2D eigenvalue weighted by atomic mass is 32.2. The van der Waals surface area contributed by atoms with Gasteiger partial charge in [0, 0.05) is 6.04 Å². The van der Waals surface area contributed by atoms with Crippen molar-refractivity contribution in [3.63, 3.8) is 0 Å². The molecule has 2 atom stereocenters. The monoisotopic (exact) mass is 316 g/mol. The lowest BCUT2D eigenvalue weighted by atomic mass is 10.2. The molecule has 0 fully saturated rings. The number of amides is 1. The zero-order valence-corrected chi connectivity index (χ0v) is 13.7. The van der Waals surface area contributed by atoms with Crippen LogP contribution < -0.4 is 5.32 Å². The van der Waals surface area contributed by atoms with Crippen molar-refractivity contribution in [2.75, 3.05) is 0 Å². The van der Waals surface area contributed by atoms with Gasteiger partial charge >= 0.3 is 5.97 Å². The first kappa shape index (κ1) is 17.0. The van der Waals surface area contributed by atoms with E-state index in [-0.39, 0.29) is 22.1 Å². The Morgan fingerprint density at radius 2 is 2.10 bits per heavy atom. The standard InChI is InChI=1S/C13H20N2O3S2/c1-5-6-7(2)14-11(16)9(4)19-13-15-8(3)10(20-13)12(17)18/h7,9H,5-6H2,1-4H3,(H,14,16)(H,17,18). The molecule has 0 aromatic carbocycles. The van der Waals surface area contributed by atoms with Crippen LogP contribution in [0.25, 0.3) is 0 Å². The molecule has 0 aliphatic rings. The van der Waals surface area contributed by atoms with E-state index in [0.717, 1.165) is 24.2 Å². The number of thioether (sulfide) groups is 1. The average Bonchev–Trinajstić information content (AvgIpc) is 2.70. The molecule has 0 bridgehead atoms. The molecule has 0 radical (unpaired) electrons. The Hall–Kier alpha value is -1.08. The number of carboxylic acids is 1. The number of nitrogens with zero attached hydrogens (tertiary/aromatic N) is 1. The van der Waals surface area contributed by atoms with Crippen LogP contribution in [0, 0.1) is 6.92 Å². The van der Waals surface area contributed by atoms with E-state index in [1.54, 1.807) is 13.8 Å². The maximum atomic E-state index is 12.0. The number of hydrogen-bond donors (Lipinski definition) is 2. The third-order valence-electron chi connectivity index (χ3n) is 2.73. The third-order valence-corrected chi connectivity index (χ3v) is 5.07. The molecule has 0 aliphatic heterocycles. The molecule has 2 unspecified atom stereocenters. The number of aromatic nitrogens is 1. The molecule has 7 heteroatoms. The maximum Gasteiger partial charge on any atom is 0.347 e. The Kier molecular flexibility index (Phi) is 6.48. The van der Waals surface area contributed by atoms with Gasteiger partial charge in [-0.25, -0.2) is 9.78 Å². The predicted octanol–water partition coefficient (Wildman–Crippen LogP) is 2.94. The number of rotatable bonds is 7. The van der Waals surface area contributed by atoms with Crippen molar-refractivity contribution in [2.45, 2.75) is 56.2 Å². The quantitative estimate of drug-likeness (QED) is 0.756. The summed E-state index contributed by atoms with van der Waals surface area (Å²) in [4.78, 5) is 27.4. The van der Waals surface area contributed by atoms with Crippen molar-refractivity contribution >= 4 is 35.0 Å². The molecule has 5 nitrogen and oxygen atoms in total. The SMILES string of the molecule is CCCC(C)NC(=O)C(C)Sc1nc(C)c(C(=O)O)s1. The van der Waals surface area contributed by atoms with Crippen LogP contribution in [0.2, 0.25) is 0 Å². The molecule has 1 aromatic heterocycles. The van der Waals surface area contributed by atoms with Crippen LogP contribution in [0.5, 0.6) is 0 Å². The minimum atomic E-state index is -0.972. The fourth-order valence-electron chi connectivity index (χ4n) is 1.69. The molecule has 0 saturated heterocycles. The van der Waals surface area contributed by atoms with E-state index < -0.39 is 5.97 Å². The van der Waals surface area contributed by atoms with E-state index in [0.29, 0.717) is 10.0 Å². The van der Waals surface area contributed by atoms with Crippen LogP contribution in [-0.4, -0.2) is 33.3 Å². The highest BCUT2D eigenvalue weighted by Gasteiger charge is 2.20. The van der Waals surface area contributed by atoms with Gasteiger partial charge in [-0.2, -0.15) is 0 Å². The van der Waals surface area contributed by atoms with Crippen LogP contribution in [0.1, 0.15) is 49.0 Å². The molecule has 2 N–H and O–H groups in total. The number of aryl methyl sites for hydroxylation is 1. The van der Waals surface area contributed by atoms with Crippen molar-refractivity contribution in [3.05, 3.63) is 10.6 Å². The highest BCUT2D eigenvalue weighted by molar-refractivity contribution is 8.02. The molecular weight excluding hydrogens is 296 g/mol. The number of hydrogen-bond acceptors (Lipinski definition) is 5. The number of nitrogens with one attached hydrogen (secondary N) is 1. The lowest BCUT2D eigenvalue weighted by Gasteiger charge is -2.15. The highest BCUT2D eigenvalue weighted by Crippen LogP contribution is 2.30. The Labute approximate surface area is 127 Å². The second-order valence-corrected chi connectivity index (χ2v) is 7.24. The second kappa shape index (κ2) is 7.64. The lowest BCUT2D eigenvalue weighted by Crippen LogP contribution is -2.37. The Morgan fingerprint density at radius 1 is 1.45 bits per heavy atom. The number of thiazole rings is 1. The summed E-state index contributed by atoms with van der Waals surface area (Å²) in [7, 11) is 0. The topological polar surface area (TPSA) is 79.3 Å². The van der Waals surface area contributed by atoms with Gasteiger partial charge in [-0.05, 0) is 27.2 Å². The van der Waals surface area contributed by atoms with Crippen LogP contribution in [0.4, 0.5) is 0 Å². The second-order valence-electron chi connectivity index (χ2n) is 4.66. The summed E-state index contributed by atoms with van der Waals surface area (Å²) in [5.41, 5.74) is 0.497. The van der Waals surface area contributed by atoms with Gasteiger partial charge in [-0.15, -0.1) is 11.3 Å². The van der Waals surface area contributed by atoms with Gasteiger partial charge in [0.1, 0.15) is 4.88 Å². The minimum absolute atomic E-state index is 0.0410. The van der Waals surface area contributed by atoms with E-state index in [9.17, 15) is 9.59 Å². The Morgan fingerprint density at radius 3 is 2.60 bits per heavy atom. The zero-order valence-electron chi connectivity index (χ0n) is 12.1. The minimum Gasteiger partial charge on any atom is -0.477 e. The fraction of sp³-hybridized carbons (Fsp3) is 0.615. The van der Waals surface area contributed by atoms with Crippen molar-refractivity contribution in [1.29, 1.82) is 0 Å². The van der Waals surface area contributed by atoms with E-state index in [1.807, 2.05) is 6.92 Å². The van der Waals surface area contributed by atoms with Gasteiger partial charge < -0.3 is 10.4 Å². The number of carboxylic acid groups (broad SMARTS) is 1. The van der Waals surface area contributed by atoms with Gasteiger partial charge in [-0.1, -0.05) is 25.1 Å². The largest absolute Gasteiger partial charge is 0.477 e. The average molecular weight is 316 g/mol. The van der Waals surface area contributed by atoms with Crippen LogP contribution in [0.15, 0.2) is 4.34 Å². The smallest absolute Gasteiger partial charge is 0.347 e. The van der Waals surface area contributed by atoms with E-state index in [2.05, 4.69) is 17.2 Å².